The minimum Gasteiger partial charge on any atom is -0.377 e. The Bertz CT molecular complexity index is 1030. The number of nitro groups is 1. The van der Waals surface area contributed by atoms with E-state index in [4.69, 9.17) is 0 Å². The van der Waals surface area contributed by atoms with E-state index in [0.29, 0.717) is 11.4 Å². The fraction of sp³-hybridized carbons (Fsp3) is 0.238. The highest BCUT2D eigenvalue weighted by atomic mass is 16.6. The summed E-state index contributed by atoms with van der Waals surface area (Å²) >= 11 is 0. The van der Waals surface area contributed by atoms with Gasteiger partial charge in [0.2, 0.25) is 0 Å². The van der Waals surface area contributed by atoms with Crippen LogP contribution in [0.25, 0.3) is 22.7 Å². The third kappa shape index (κ3) is 2.56. The number of benzene rings is 2. The summed E-state index contributed by atoms with van der Waals surface area (Å²) in [6.45, 7) is 3.96. The lowest BCUT2D eigenvalue weighted by atomic mass is 10.0. The Morgan fingerprint density at radius 1 is 1.15 bits per heavy atom. The predicted octanol–water partition coefficient (Wildman–Crippen LogP) is 5.32. The number of rotatable bonds is 4. The first-order chi connectivity index (χ1) is 12.6. The summed E-state index contributed by atoms with van der Waals surface area (Å²) in [5.74, 6) is 0. The number of hydrogen-bond acceptors (Lipinski definition) is 3. The molecule has 0 amide bonds. The first kappa shape index (κ1) is 16.4. The van der Waals surface area contributed by atoms with Crippen molar-refractivity contribution >= 4 is 28.4 Å². The summed E-state index contributed by atoms with van der Waals surface area (Å²) in [5.41, 5.74) is 4.61. The Labute approximate surface area is 152 Å². The number of nitro benzene ring substituents is 1. The molecule has 0 aliphatic heterocycles. The van der Waals surface area contributed by atoms with Crippen molar-refractivity contribution in [3.8, 4) is 5.69 Å². The van der Waals surface area contributed by atoms with Crippen LogP contribution in [-0.4, -0.2) is 15.5 Å². The number of allylic oxidation sites excluding steroid dienone is 1. The molecule has 0 saturated carbocycles. The highest BCUT2D eigenvalue weighted by Crippen LogP contribution is 2.39. The number of fused-ring (bicyclic) bond motifs is 3. The summed E-state index contributed by atoms with van der Waals surface area (Å²) in [7, 11) is 0. The molecule has 1 aromatic heterocycles. The zero-order chi connectivity index (χ0) is 18.3. The molecular formula is C21H21N3O2. The lowest BCUT2D eigenvalue weighted by Crippen LogP contribution is -2.13. The Morgan fingerprint density at radius 3 is 2.73 bits per heavy atom. The van der Waals surface area contributed by atoms with Crippen LogP contribution in [0.15, 0.2) is 48.5 Å². The Hall–Kier alpha value is -3.08. The summed E-state index contributed by atoms with van der Waals surface area (Å²) in [4.78, 5) is 11.7. The molecule has 1 heterocycles. The SMILES string of the molecule is CC(C)Nc1cccc(-n2c3c(c4ccccc42)C=CCC3)c1[N+](=O)[O-]. The van der Waals surface area contributed by atoms with E-state index in [-0.39, 0.29) is 16.7 Å². The van der Waals surface area contributed by atoms with Crippen molar-refractivity contribution in [2.45, 2.75) is 32.7 Å². The lowest BCUT2D eigenvalue weighted by Gasteiger charge is -2.16. The van der Waals surface area contributed by atoms with E-state index in [1.807, 2.05) is 44.2 Å². The van der Waals surface area contributed by atoms with Crippen LogP contribution in [0.5, 0.6) is 0 Å². The second kappa shape index (κ2) is 6.33. The maximum atomic E-state index is 12.0. The van der Waals surface area contributed by atoms with Crippen molar-refractivity contribution in [2.24, 2.45) is 0 Å². The van der Waals surface area contributed by atoms with Gasteiger partial charge in [0, 0.05) is 22.7 Å². The van der Waals surface area contributed by atoms with Gasteiger partial charge in [0.1, 0.15) is 11.4 Å². The monoisotopic (exact) mass is 347 g/mol. The second-order valence-electron chi connectivity index (χ2n) is 6.88. The second-order valence-corrected chi connectivity index (χ2v) is 6.88. The molecule has 5 heteroatoms. The Morgan fingerprint density at radius 2 is 1.96 bits per heavy atom. The van der Waals surface area contributed by atoms with E-state index in [1.54, 1.807) is 6.07 Å². The van der Waals surface area contributed by atoms with Gasteiger partial charge in [0.15, 0.2) is 0 Å². The van der Waals surface area contributed by atoms with Gasteiger partial charge < -0.3 is 9.88 Å². The van der Waals surface area contributed by atoms with Crippen molar-refractivity contribution in [1.82, 2.24) is 4.57 Å². The average molecular weight is 347 g/mol. The van der Waals surface area contributed by atoms with Crippen LogP contribution in [0.4, 0.5) is 11.4 Å². The molecule has 0 fully saturated rings. The van der Waals surface area contributed by atoms with Gasteiger partial charge in [-0.25, -0.2) is 0 Å². The quantitative estimate of drug-likeness (QED) is 0.513. The highest BCUT2D eigenvalue weighted by molar-refractivity contribution is 5.94. The van der Waals surface area contributed by atoms with Gasteiger partial charge in [0.05, 0.1) is 10.4 Å². The molecule has 4 rings (SSSR count). The largest absolute Gasteiger partial charge is 0.377 e. The normalized spacial score (nSPS) is 13.2. The van der Waals surface area contributed by atoms with Crippen molar-refractivity contribution in [2.75, 3.05) is 5.32 Å². The van der Waals surface area contributed by atoms with E-state index in [9.17, 15) is 10.1 Å². The van der Waals surface area contributed by atoms with Crippen LogP contribution in [0, 0.1) is 10.1 Å². The highest BCUT2D eigenvalue weighted by Gasteiger charge is 2.26. The van der Waals surface area contributed by atoms with Gasteiger partial charge in [-0.3, -0.25) is 10.1 Å². The molecule has 0 saturated heterocycles. The number of aromatic nitrogens is 1. The van der Waals surface area contributed by atoms with E-state index in [0.717, 1.165) is 29.4 Å². The topological polar surface area (TPSA) is 60.1 Å². The lowest BCUT2D eigenvalue weighted by molar-refractivity contribution is -0.383. The zero-order valence-electron chi connectivity index (χ0n) is 14.9. The van der Waals surface area contributed by atoms with E-state index in [2.05, 4.69) is 28.1 Å². The van der Waals surface area contributed by atoms with E-state index in [1.165, 1.54) is 5.56 Å². The summed E-state index contributed by atoms with van der Waals surface area (Å²) in [6.07, 6.45) is 6.13. The Kier molecular flexibility index (Phi) is 3.99. The van der Waals surface area contributed by atoms with E-state index >= 15 is 0 Å². The van der Waals surface area contributed by atoms with Crippen LogP contribution in [0.3, 0.4) is 0 Å². The van der Waals surface area contributed by atoms with Gasteiger partial charge in [0.25, 0.3) is 0 Å². The molecule has 0 atom stereocenters. The summed E-state index contributed by atoms with van der Waals surface area (Å²) in [6, 6.07) is 13.7. The molecule has 1 aliphatic carbocycles. The zero-order valence-corrected chi connectivity index (χ0v) is 14.9. The molecule has 0 spiro atoms. The number of para-hydroxylation sites is 2. The van der Waals surface area contributed by atoms with Crippen LogP contribution in [-0.2, 0) is 6.42 Å². The summed E-state index contributed by atoms with van der Waals surface area (Å²) in [5, 5.41) is 16.3. The van der Waals surface area contributed by atoms with Crippen LogP contribution in [0.1, 0.15) is 31.5 Å². The average Bonchev–Trinajstić information content (AvgIpc) is 2.95. The summed E-state index contributed by atoms with van der Waals surface area (Å²) < 4.78 is 2.07. The smallest absolute Gasteiger partial charge is 0.316 e. The molecule has 132 valence electrons. The molecule has 1 aliphatic rings. The maximum Gasteiger partial charge on any atom is 0.316 e. The number of nitrogens with one attached hydrogen (secondary N) is 1. The molecule has 0 radical (unpaired) electrons. The van der Waals surface area contributed by atoms with Gasteiger partial charge in [-0.15, -0.1) is 0 Å². The fourth-order valence-electron chi connectivity index (χ4n) is 3.78. The van der Waals surface area contributed by atoms with Crippen molar-refractivity contribution in [1.29, 1.82) is 0 Å². The van der Waals surface area contributed by atoms with Crippen molar-refractivity contribution < 1.29 is 4.92 Å². The first-order valence-electron chi connectivity index (χ1n) is 8.91. The number of anilines is 1. The van der Waals surface area contributed by atoms with Crippen molar-refractivity contribution in [3.05, 3.63) is 69.9 Å². The third-order valence-electron chi connectivity index (χ3n) is 4.73. The van der Waals surface area contributed by atoms with Crippen LogP contribution < -0.4 is 5.32 Å². The van der Waals surface area contributed by atoms with Crippen LogP contribution >= 0.6 is 0 Å². The minimum absolute atomic E-state index is 0.113. The molecule has 2 aromatic carbocycles. The van der Waals surface area contributed by atoms with Gasteiger partial charge in [-0.1, -0.05) is 36.4 Å². The van der Waals surface area contributed by atoms with Gasteiger partial charge in [-0.2, -0.15) is 0 Å². The molecule has 1 N–H and O–H groups in total. The molecule has 0 bridgehead atoms. The minimum atomic E-state index is -0.278. The van der Waals surface area contributed by atoms with Crippen molar-refractivity contribution in [3.63, 3.8) is 0 Å². The molecule has 3 aromatic rings. The standard InChI is InChI=1S/C21H21N3O2/c1-14(2)22-17-10-7-13-20(21(17)24(25)26)23-18-11-5-3-8-15(18)16-9-4-6-12-19(16)23/h3-5,7-11,13-14,22H,6,12H2,1-2H3. The number of hydrogen-bond donors (Lipinski definition) is 1. The Balaban J connectivity index is 2.06. The van der Waals surface area contributed by atoms with Crippen LogP contribution in [0.2, 0.25) is 0 Å². The number of nitrogens with zero attached hydrogens (tertiary/aromatic N) is 2. The molecular weight excluding hydrogens is 326 g/mol. The first-order valence-corrected chi connectivity index (χ1v) is 8.91. The van der Waals surface area contributed by atoms with Gasteiger partial charge in [-0.05, 0) is 44.9 Å². The third-order valence-corrected chi connectivity index (χ3v) is 4.73. The fourth-order valence-corrected chi connectivity index (χ4v) is 3.78. The predicted molar refractivity (Wildman–Crippen MR) is 106 cm³/mol. The van der Waals surface area contributed by atoms with E-state index < -0.39 is 0 Å². The van der Waals surface area contributed by atoms with Gasteiger partial charge >= 0.3 is 5.69 Å². The molecule has 26 heavy (non-hydrogen) atoms. The maximum absolute atomic E-state index is 12.0. The molecule has 5 nitrogen and oxygen atoms in total. The molecule has 0 unspecified atom stereocenters.